The molecule has 1 unspecified atom stereocenters. The molecule has 0 aliphatic rings. The predicted molar refractivity (Wildman–Crippen MR) is 74.8 cm³/mol. The van der Waals surface area contributed by atoms with Crippen LogP contribution < -0.4 is 10.6 Å². The zero-order chi connectivity index (χ0) is 13.5. The Morgan fingerprint density at radius 2 is 2.06 bits per heavy atom. The molecule has 1 rings (SSSR count). The third-order valence-corrected chi connectivity index (χ3v) is 3.20. The summed E-state index contributed by atoms with van der Waals surface area (Å²) in [4.78, 5) is 11.7. The molecule has 0 bridgehead atoms. The minimum absolute atomic E-state index is 0.0179. The first-order valence-electron chi connectivity index (χ1n) is 6.36. The molecule has 6 heteroatoms. The molecule has 102 valence electrons. The van der Waals surface area contributed by atoms with Crippen LogP contribution in [0.1, 0.15) is 39.1 Å². The van der Waals surface area contributed by atoms with Crippen LogP contribution in [-0.2, 0) is 11.2 Å². The molecule has 0 aliphatic heterocycles. The van der Waals surface area contributed by atoms with Gasteiger partial charge >= 0.3 is 0 Å². The Balaban J connectivity index is 2.42. The van der Waals surface area contributed by atoms with E-state index in [1.54, 1.807) is 0 Å². The summed E-state index contributed by atoms with van der Waals surface area (Å²) >= 11 is 1.46. The van der Waals surface area contributed by atoms with Crippen molar-refractivity contribution in [2.45, 2.75) is 46.6 Å². The van der Waals surface area contributed by atoms with Crippen LogP contribution >= 0.6 is 11.3 Å². The maximum absolute atomic E-state index is 11.7. The average molecular weight is 270 g/mol. The smallest absolute Gasteiger partial charge is 0.227 e. The van der Waals surface area contributed by atoms with Gasteiger partial charge in [0.1, 0.15) is 5.01 Å². The van der Waals surface area contributed by atoms with Gasteiger partial charge in [-0.05, 0) is 19.4 Å². The van der Waals surface area contributed by atoms with Gasteiger partial charge in [0.05, 0.1) is 0 Å². The first-order chi connectivity index (χ1) is 8.51. The lowest BCUT2D eigenvalue weighted by molar-refractivity contribution is -0.116. The van der Waals surface area contributed by atoms with E-state index in [1.165, 1.54) is 11.3 Å². The van der Waals surface area contributed by atoms with Crippen molar-refractivity contribution in [1.29, 1.82) is 0 Å². The van der Waals surface area contributed by atoms with Gasteiger partial charge in [-0.2, -0.15) is 0 Å². The molecule has 0 saturated heterocycles. The van der Waals surface area contributed by atoms with E-state index in [0.717, 1.165) is 18.0 Å². The predicted octanol–water partition coefficient (Wildman–Crippen LogP) is 2.06. The largest absolute Gasteiger partial charge is 0.314 e. The summed E-state index contributed by atoms with van der Waals surface area (Å²) < 4.78 is 0. The fourth-order valence-corrected chi connectivity index (χ4v) is 2.57. The number of rotatable bonds is 7. The van der Waals surface area contributed by atoms with Crippen molar-refractivity contribution in [3.8, 4) is 0 Å². The molecule has 1 aromatic heterocycles. The maximum atomic E-state index is 11.7. The summed E-state index contributed by atoms with van der Waals surface area (Å²) in [6.07, 6.45) is 1.36. The van der Waals surface area contributed by atoms with Gasteiger partial charge in [0.2, 0.25) is 11.0 Å². The highest BCUT2D eigenvalue weighted by molar-refractivity contribution is 7.15. The van der Waals surface area contributed by atoms with Gasteiger partial charge in [-0.3, -0.25) is 4.79 Å². The molecule has 0 aromatic carbocycles. The molecular weight excluding hydrogens is 248 g/mol. The van der Waals surface area contributed by atoms with Crippen LogP contribution in [-0.4, -0.2) is 28.7 Å². The van der Waals surface area contributed by atoms with E-state index in [0.29, 0.717) is 17.5 Å². The fourth-order valence-electron chi connectivity index (χ4n) is 1.60. The van der Waals surface area contributed by atoms with Crippen molar-refractivity contribution in [3.63, 3.8) is 0 Å². The van der Waals surface area contributed by atoms with Gasteiger partial charge in [0.25, 0.3) is 0 Å². The summed E-state index contributed by atoms with van der Waals surface area (Å²) in [7, 11) is 0. The number of carbonyl (C=O) groups excluding carboxylic acids is 1. The number of nitrogens with one attached hydrogen (secondary N) is 2. The van der Waals surface area contributed by atoms with E-state index in [9.17, 15) is 4.79 Å². The third-order valence-electron chi connectivity index (χ3n) is 2.34. The standard InChI is InChI=1S/C12H22N4OS/c1-5-13-9(4)7-10(17)14-12-16-15-11(18-12)6-8(2)3/h8-9,13H,5-7H2,1-4H3,(H,14,16,17). The van der Waals surface area contributed by atoms with E-state index in [4.69, 9.17) is 0 Å². The zero-order valence-electron chi connectivity index (χ0n) is 11.5. The van der Waals surface area contributed by atoms with Crippen molar-refractivity contribution in [2.75, 3.05) is 11.9 Å². The second kappa shape index (κ2) is 7.43. The molecule has 0 aliphatic carbocycles. The van der Waals surface area contributed by atoms with Crippen molar-refractivity contribution in [1.82, 2.24) is 15.5 Å². The van der Waals surface area contributed by atoms with E-state index < -0.39 is 0 Å². The van der Waals surface area contributed by atoms with Gasteiger partial charge in [-0.15, -0.1) is 10.2 Å². The Hall–Kier alpha value is -1.01. The molecule has 1 heterocycles. The lowest BCUT2D eigenvalue weighted by Gasteiger charge is -2.10. The van der Waals surface area contributed by atoms with Gasteiger partial charge in [-0.25, -0.2) is 0 Å². The fraction of sp³-hybridized carbons (Fsp3) is 0.750. The van der Waals surface area contributed by atoms with Gasteiger partial charge in [-0.1, -0.05) is 32.1 Å². The second-order valence-electron chi connectivity index (χ2n) is 4.81. The molecule has 1 aromatic rings. The van der Waals surface area contributed by atoms with Gasteiger partial charge < -0.3 is 10.6 Å². The Morgan fingerprint density at radius 1 is 1.33 bits per heavy atom. The van der Waals surface area contributed by atoms with Crippen LogP contribution in [0.25, 0.3) is 0 Å². The van der Waals surface area contributed by atoms with Gasteiger partial charge in [0, 0.05) is 18.9 Å². The van der Waals surface area contributed by atoms with Crippen molar-refractivity contribution >= 4 is 22.4 Å². The molecule has 0 saturated carbocycles. The third kappa shape index (κ3) is 5.55. The number of hydrogen-bond donors (Lipinski definition) is 2. The van der Waals surface area contributed by atoms with E-state index in [-0.39, 0.29) is 11.9 Å². The monoisotopic (exact) mass is 270 g/mol. The highest BCUT2D eigenvalue weighted by Crippen LogP contribution is 2.18. The van der Waals surface area contributed by atoms with Crippen LogP contribution in [0.5, 0.6) is 0 Å². The number of hydrogen-bond acceptors (Lipinski definition) is 5. The van der Waals surface area contributed by atoms with Crippen LogP contribution in [0.15, 0.2) is 0 Å². The van der Waals surface area contributed by atoms with E-state index >= 15 is 0 Å². The molecule has 18 heavy (non-hydrogen) atoms. The van der Waals surface area contributed by atoms with Crippen LogP contribution in [0.3, 0.4) is 0 Å². The molecule has 2 N–H and O–H groups in total. The number of nitrogens with zero attached hydrogens (tertiary/aromatic N) is 2. The number of aromatic nitrogens is 2. The highest BCUT2D eigenvalue weighted by Gasteiger charge is 2.11. The molecule has 0 spiro atoms. The number of anilines is 1. The van der Waals surface area contributed by atoms with Crippen LogP contribution in [0, 0.1) is 5.92 Å². The second-order valence-corrected chi connectivity index (χ2v) is 5.87. The molecule has 1 atom stereocenters. The molecular formula is C12H22N4OS. The Morgan fingerprint density at radius 3 is 2.67 bits per heavy atom. The summed E-state index contributed by atoms with van der Waals surface area (Å²) in [6.45, 7) is 9.16. The first-order valence-corrected chi connectivity index (χ1v) is 7.18. The maximum Gasteiger partial charge on any atom is 0.227 e. The van der Waals surface area contributed by atoms with E-state index in [1.807, 2.05) is 13.8 Å². The Kier molecular flexibility index (Phi) is 6.21. The quantitative estimate of drug-likeness (QED) is 0.796. The first kappa shape index (κ1) is 15.0. The molecule has 5 nitrogen and oxygen atoms in total. The molecule has 1 amide bonds. The number of carbonyl (C=O) groups is 1. The highest BCUT2D eigenvalue weighted by atomic mass is 32.1. The normalized spacial score (nSPS) is 12.7. The van der Waals surface area contributed by atoms with Crippen molar-refractivity contribution < 1.29 is 4.79 Å². The zero-order valence-corrected chi connectivity index (χ0v) is 12.3. The average Bonchev–Trinajstić information content (AvgIpc) is 2.64. The minimum Gasteiger partial charge on any atom is -0.314 e. The minimum atomic E-state index is -0.0179. The Labute approximate surface area is 112 Å². The summed E-state index contributed by atoms with van der Waals surface area (Å²) in [5.74, 6) is 0.533. The van der Waals surface area contributed by atoms with Crippen molar-refractivity contribution in [3.05, 3.63) is 5.01 Å². The number of amides is 1. The van der Waals surface area contributed by atoms with Crippen molar-refractivity contribution in [2.24, 2.45) is 5.92 Å². The van der Waals surface area contributed by atoms with Crippen LogP contribution in [0.2, 0.25) is 0 Å². The summed E-state index contributed by atoms with van der Waals surface area (Å²) in [6, 6.07) is 0.179. The SMILES string of the molecule is CCNC(C)CC(=O)Nc1nnc(CC(C)C)s1. The molecule has 0 radical (unpaired) electrons. The van der Waals surface area contributed by atoms with Crippen LogP contribution in [0.4, 0.5) is 5.13 Å². The topological polar surface area (TPSA) is 66.9 Å². The molecule has 0 fully saturated rings. The Bertz CT molecular complexity index is 378. The van der Waals surface area contributed by atoms with E-state index in [2.05, 4.69) is 34.7 Å². The lowest BCUT2D eigenvalue weighted by atomic mass is 10.1. The summed E-state index contributed by atoms with van der Waals surface area (Å²) in [5, 5.41) is 15.6. The summed E-state index contributed by atoms with van der Waals surface area (Å²) in [5.41, 5.74) is 0. The van der Waals surface area contributed by atoms with Gasteiger partial charge in [0.15, 0.2) is 0 Å². The lowest BCUT2D eigenvalue weighted by Crippen LogP contribution is -2.30.